The second-order valence-electron chi connectivity index (χ2n) is 9.57. The summed E-state index contributed by atoms with van der Waals surface area (Å²) in [6.45, 7) is 10.9. The van der Waals surface area contributed by atoms with E-state index in [0.717, 1.165) is 25.7 Å². The first-order valence-electron chi connectivity index (χ1n) is 12.3. The van der Waals surface area contributed by atoms with Crippen molar-refractivity contribution in [3.8, 4) is 0 Å². The number of benzene rings is 2. The maximum absolute atomic E-state index is 3.44. The molecule has 0 spiro atoms. The fraction of sp³-hybridized carbons (Fsp3) is 0.294. The first-order chi connectivity index (χ1) is 16.3. The third-order valence-electron chi connectivity index (χ3n) is 6.57. The molecule has 0 heterocycles. The molecule has 3 aliphatic rings. The molecule has 2 aromatic rings. The summed E-state index contributed by atoms with van der Waals surface area (Å²) >= 11 is 0. The summed E-state index contributed by atoms with van der Waals surface area (Å²) in [5.74, 6) is 0. The van der Waals surface area contributed by atoms with Gasteiger partial charge in [-0.05, 0) is 24.0 Å². The average molecular weight is 610 g/mol. The Morgan fingerprint density at radius 1 is 0.676 bits per heavy atom. The molecular formula is C34H39Cl2Zr. The van der Waals surface area contributed by atoms with Crippen molar-refractivity contribution in [1.29, 1.82) is 0 Å². The van der Waals surface area contributed by atoms with Gasteiger partial charge in [-0.2, -0.15) is 23.3 Å². The quantitative estimate of drug-likeness (QED) is 0.303. The Balaban J connectivity index is 0.000000508. The van der Waals surface area contributed by atoms with Gasteiger partial charge in [0.1, 0.15) is 0 Å². The number of hydrogen-bond donors (Lipinski definition) is 0. The summed E-state index contributed by atoms with van der Waals surface area (Å²) in [6.07, 6.45) is 22.7. The van der Waals surface area contributed by atoms with E-state index in [1.807, 2.05) is 12.1 Å². The predicted molar refractivity (Wildman–Crippen MR) is 160 cm³/mol. The summed E-state index contributed by atoms with van der Waals surface area (Å²) in [5.41, 5.74) is 9.77. The topological polar surface area (TPSA) is 0 Å². The van der Waals surface area contributed by atoms with Crippen LogP contribution in [0.1, 0.15) is 58.6 Å². The molecule has 0 amide bonds. The van der Waals surface area contributed by atoms with E-state index >= 15 is 0 Å². The van der Waals surface area contributed by atoms with Crippen molar-refractivity contribution in [2.75, 3.05) is 0 Å². The van der Waals surface area contributed by atoms with Gasteiger partial charge in [0.15, 0.2) is 0 Å². The van der Waals surface area contributed by atoms with Gasteiger partial charge < -0.3 is 0 Å². The Bertz CT molecular complexity index is 1060. The van der Waals surface area contributed by atoms with Crippen LogP contribution >= 0.6 is 24.8 Å². The normalized spacial score (nSPS) is 16.0. The van der Waals surface area contributed by atoms with Crippen LogP contribution in [-0.2, 0) is 39.0 Å². The van der Waals surface area contributed by atoms with Crippen LogP contribution < -0.4 is 0 Å². The summed E-state index contributed by atoms with van der Waals surface area (Å²) in [6, 6.07) is 21.0. The van der Waals surface area contributed by atoms with Crippen molar-refractivity contribution in [3.63, 3.8) is 0 Å². The van der Waals surface area contributed by atoms with Crippen molar-refractivity contribution in [3.05, 3.63) is 142 Å². The molecule has 0 atom stereocenters. The molecule has 5 rings (SSSR count). The maximum atomic E-state index is 3.44. The van der Waals surface area contributed by atoms with E-state index in [1.165, 1.54) is 39.0 Å². The summed E-state index contributed by atoms with van der Waals surface area (Å²) in [5, 5.41) is 0. The molecule has 37 heavy (non-hydrogen) atoms. The standard InChI is InChI=1S/2C12H11.C10H15.2ClH.Zr/c2*1-2-6-11(7-3-1)10-12-8-4-5-9-12;1-7-6-10(4,5)9(3)8(7)2;;;/h2*1-4,6-8H,5,10H2;1-5H3;2*1H;/q3*-1;;;+3. The number of allylic oxidation sites excluding steroid dienone is 12. The zero-order chi connectivity index (χ0) is 24.4. The molecule has 2 aromatic carbocycles. The number of halogens is 2. The van der Waals surface area contributed by atoms with Gasteiger partial charge in [-0.1, -0.05) is 93.8 Å². The third-order valence-corrected chi connectivity index (χ3v) is 6.57. The molecule has 0 fully saturated rings. The summed E-state index contributed by atoms with van der Waals surface area (Å²) in [7, 11) is 0. The maximum Gasteiger partial charge on any atom is 3.00 e. The summed E-state index contributed by atoms with van der Waals surface area (Å²) < 4.78 is 0. The number of rotatable bonds is 4. The fourth-order valence-electron chi connectivity index (χ4n) is 4.18. The van der Waals surface area contributed by atoms with Crippen molar-refractivity contribution < 1.29 is 26.2 Å². The molecule has 3 heteroatoms. The van der Waals surface area contributed by atoms with E-state index in [-0.39, 0.29) is 56.4 Å². The molecule has 3 aliphatic carbocycles. The molecule has 0 aromatic heterocycles. The van der Waals surface area contributed by atoms with Crippen molar-refractivity contribution in [2.45, 2.75) is 60.3 Å². The molecule has 0 bridgehead atoms. The van der Waals surface area contributed by atoms with Crippen LogP contribution in [0.25, 0.3) is 0 Å². The molecule has 0 saturated carbocycles. The zero-order valence-corrected chi connectivity index (χ0v) is 26.8. The van der Waals surface area contributed by atoms with Gasteiger partial charge in [-0.15, -0.1) is 44.6 Å². The van der Waals surface area contributed by atoms with E-state index < -0.39 is 0 Å². The minimum Gasteiger partial charge on any atom is -0.269 e. The number of hydrogen-bond acceptors (Lipinski definition) is 0. The van der Waals surface area contributed by atoms with Crippen LogP contribution in [0.2, 0.25) is 0 Å². The van der Waals surface area contributed by atoms with E-state index in [9.17, 15) is 0 Å². The minimum absolute atomic E-state index is 0. The van der Waals surface area contributed by atoms with E-state index in [1.54, 1.807) is 0 Å². The van der Waals surface area contributed by atoms with Crippen LogP contribution in [0, 0.1) is 23.6 Å². The van der Waals surface area contributed by atoms with Gasteiger partial charge in [0.05, 0.1) is 0 Å². The van der Waals surface area contributed by atoms with Gasteiger partial charge in [-0.25, -0.2) is 28.9 Å². The first-order valence-corrected chi connectivity index (χ1v) is 12.3. The zero-order valence-electron chi connectivity index (χ0n) is 22.7. The van der Waals surface area contributed by atoms with E-state index in [4.69, 9.17) is 0 Å². The largest absolute Gasteiger partial charge is 3.00 e. The van der Waals surface area contributed by atoms with Crippen molar-refractivity contribution in [1.82, 2.24) is 0 Å². The molecule has 0 aliphatic heterocycles. The van der Waals surface area contributed by atoms with E-state index in [0.29, 0.717) is 0 Å². The molecule has 0 N–H and O–H groups in total. The van der Waals surface area contributed by atoms with Crippen LogP contribution in [0.4, 0.5) is 0 Å². The molecule has 193 valence electrons. The molecular weight excluding hydrogens is 571 g/mol. The SMILES string of the molecule is CC1=[C-]C(C)(C)C(C)=C1C.Cl.Cl.[C-]1=C(Cc2ccccc2)C=CC1.[C-]1=C(Cc2ccccc2)C=CC1.[Zr+3]. The van der Waals surface area contributed by atoms with Crippen LogP contribution in [0.15, 0.2) is 113 Å². The smallest absolute Gasteiger partial charge is 0.269 e. The third kappa shape index (κ3) is 11.7. The van der Waals surface area contributed by atoms with Crippen molar-refractivity contribution >= 4 is 24.8 Å². The van der Waals surface area contributed by atoms with E-state index in [2.05, 4.69) is 126 Å². The van der Waals surface area contributed by atoms with Crippen LogP contribution in [-0.4, -0.2) is 0 Å². The average Bonchev–Trinajstić information content (AvgIpc) is 3.57. The van der Waals surface area contributed by atoms with Gasteiger partial charge in [0, 0.05) is 0 Å². The Kier molecular flexibility index (Phi) is 17.0. The van der Waals surface area contributed by atoms with Gasteiger partial charge >= 0.3 is 26.2 Å². The van der Waals surface area contributed by atoms with Crippen LogP contribution in [0.5, 0.6) is 0 Å². The van der Waals surface area contributed by atoms with Gasteiger partial charge in [0.25, 0.3) is 0 Å². The molecule has 0 unspecified atom stereocenters. The fourth-order valence-corrected chi connectivity index (χ4v) is 4.18. The van der Waals surface area contributed by atoms with Crippen LogP contribution in [0.3, 0.4) is 0 Å². The first kappa shape index (κ1) is 35.3. The second-order valence-corrected chi connectivity index (χ2v) is 9.57. The monoisotopic (exact) mass is 607 g/mol. The van der Waals surface area contributed by atoms with Gasteiger partial charge in [-0.3, -0.25) is 18.2 Å². The minimum atomic E-state index is 0. The summed E-state index contributed by atoms with van der Waals surface area (Å²) in [4.78, 5) is 0. The Labute approximate surface area is 257 Å². The Morgan fingerprint density at radius 2 is 1.08 bits per heavy atom. The second kappa shape index (κ2) is 17.8. The molecule has 0 saturated heterocycles. The Morgan fingerprint density at radius 3 is 1.32 bits per heavy atom. The predicted octanol–water partition coefficient (Wildman–Crippen LogP) is 9.79. The Hall–Kier alpha value is -1.66. The molecule has 1 radical (unpaired) electrons. The van der Waals surface area contributed by atoms with Gasteiger partial charge in [0.2, 0.25) is 0 Å². The van der Waals surface area contributed by atoms with Crippen molar-refractivity contribution in [2.24, 2.45) is 5.41 Å². The molecule has 0 nitrogen and oxygen atoms in total.